The van der Waals surface area contributed by atoms with Crippen LogP contribution in [-0.2, 0) is 10.0 Å². The van der Waals surface area contributed by atoms with Gasteiger partial charge >= 0.3 is 0 Å². The predicted octanol–water partition coefficient (Wildman–Crippen LogP) is 3.70. The molecule has 0 aliphatic carbocycles. The topological polar surface area (TPSA) is 63.4 Å². The van der Waals surface area contributed by atoms with Crippen LogP contribution in [0.4, 0.5) is 11.4 Å². The van der Waals surface area contributed by atoms with Crippen molar-refractivity contribution >= 4 is 48.7 Å². The maximum absolute atomic E-state index is 12.7. The van der Waals surface area contributed by atoms with Gasteiger partial charge in [-0.2, -0.15) is 0 Å². The van der Waals surface area contributed by atoms with E-state index in [4.69, 9.17) is 5.73 Å². The Kier molecular flexibility index (Phi) is 4.72. The van der Waals surface area contributed by atoms with Crippen molar-refractivity contribution in [2.24, 2.45) is 0 Å². The van der Waals surface area contributed by atoms with Crippen LogP contribution >= 0.6 is 27.3 Å². The van der Waals surface area contributed by atoms with Crippen LogP contribution in [0.1, 0.15) is 13.3 Å². The Bertz CT molecular complexity index is 698. The minimum absolute atomic E-state index is 0.320. The molecule has 1 heterocycles. The molecule has 0 saturated carbocycles. The Morgan fingerprint density at radius 1 is 1.30 bits per heavy atom. The smallest absolute Gasteiger partial charge is 0.273 e. The molecule has 108 valence electrons. The molecule has 0 saturated heterocycles. The summed E-state index contributed by atoms with van der Waals surface area (Å²) < 4.78 is 28.0. The van der Waals surface area contributed by atoms with E-state index in [2.05, 4.69) is 15.9 Å². The fraction of sp³-hybridized carbons (Fsp3) is 0.231. The third kappa shape index (κ3) is 3.16. The second-order valence-electron chi connectivity index (χ2n) is 4.23. The molecule has 0 spiro atoms. The van der Waals surface area contributed by atoms with Gasteiger partial charge in [-0.3, -0.25) is 4.31 Å². The lowest BCUT2D eigenvalue weighted by atomic mass is 10.3. The molecule has 0 bridgehead atoms. The summed E-state index contributed by atoms with van der Waals surface area (Å²) in [6.45, 7) is 2.36. The van der Waals surface area contributed by atoms with Crippen LogP contribution < -0.4 is 10.0 Å². The van der Waals surface area contributed by atoms with E-state index in [9.17, 15) is 8.42 Å². The molecule has 4 nitrogen and oxygen atoms in total. The third-order valence-electron chi connectivity index (χ3n) is 2.68. The van der Waals surface area contributed by atoms with Gasteiger partial charge in [0.1, 0.15) is 4.21 Å². The average Bonchev–Trinajstić information content (AvgIpc) is 2.83. The number of nitrogens with two attached hydrogens (primary N) is 1. The van der Waals surface area contributed by atoms with Crippen LogP contribution in [0.25, 0.3) is 0 Å². The molecular formula is C13H15BrN2O2S2. The molecular weight excluding hydrogens is 360 g/mol. The van der Waals surface area contributed by atoms with Gasteiger partial charge in [-0.25, -0.2) is 8.42 Å². The van der Waals surface area contributed by atoms with Gasteiger partial charge in [0.05, 0.1) is 9.47 Å². The number of anilines is 2. The van der Waals surface area contributed by atoms with Gasteiger partial charge in [0.15, 0.2) is 0 Å². The van der Waals surface area contributed by atoms with E-state index in [0.29, 0.717) is 22.1 Å². The third-order valence-corrected chi connectivity index (χ3v) is 6.60. The number of nitrogens with zero attached hydrogens (tertiary/aromatic N) is 1. The molecule has 0 unspecified atom stereocenters. The highest BCUT2D eigenvalue weighted by molar-refractivity contribution is 9.11. The summed E-state index contributed by atoms with van der Waals surface area (Å²) >= 11 is 4.50. The first-order valence-corrected chi connectivity index (χ1v) is 9.13. The van der Waals surface area contributed by atoms with Crippen molar-refractivity contribution < 1.29 is 8.42 Å². The Balaban J connectivity index is 2.48. The summed E-state index contributed by atoms with van der Waals surface area (Å²) in [7, 11) is -3.55. The van der Waals surface area contributed by atoms with E-state index in [1.54, 1.807) is 36.4 Å². The molecule has 2 rings (SSSR count). The van der Waals surface area contributed by atoms with Crippen molar-refractivity contribution in [1.29, 1.82) is 0 Å². The Morgan fingerprint density at radius 2 is 2.05 bits per heavy atom. The summed E-state index contributed by atoms with van der Waals surface area (Å²) in [4.78, 5) is 0. The number of thiophene rings is 1. The first-order chi connectivity index (χ1) is 9.45. The maximum atomic E-state index is 12.7. The van der Waals surface area contributed by atoms with Gasteiger partial charge in [-0.05, 0) is 52.7 Å². The largest absolute Gasteiger partial charge is 0.399 e. The highest BCUT2D eigenvalue weighted by atomic mass is 79.9. The number of nitrogen functional groups attached to an aromatic ring is 1. The second kappa shape index (κ2) is 6.15. The molecule has 0 radical (unpaired) electrons. The minimum Gasteiger partial charge on any atom is -0.399 e. The van der Waals surface area contributed by atoms with E-state index in [1.165, 1.54) is 15.6 Å². The SMILES string of the molecule is CCCN(c1cccc(N)c1)S(=O)(=O)c1ccc(Br)s1. The van der Waals surface area contributed by atoms with Crippen LogP contribution in [0.3, 0.4) is 0 Å². The standard InChI is InChI=1S/C13H15BrN2O2S2/c1-2-8-16(11-5-3-4-10(15)9-11)20(17,18)13-7-6-12(14)19-13/h3-7,9H,2,8,15H2,1H3. The van der Waals surface area contributed by atoms with E-state index < -0.39 is 10.0 Å². The highest BCUT2D eigenvalue weighted by Crippen LogP contribution is 2.31. The summed E-state index contributed by atoms with van der Waals surface area (Å²) in [5.41, 5.74) is 6.89. The van der Waals surface area contributed by atoms with E-state index in [0.717, 1.165) is 10.2 Å². The van der Waals surface area contributed by atoms with Gasteiger partial charge in [0.2, 0.25) is 0 Å². The Labute approximate surface area is 131 Å². The molecule has 0 aliphatic heterocycles. The molecule has 1 aromatic heterocycles. The number of sulfonamides is 1. The Hall–Kier alpha value is -1.05. The van der Waals surface area contributed by atoms with E-state index in [1.807, 2.05) is 6.92 Å². The lowest BCUT2D eigenvalue weighted by Gasteiger charge is -2.23. The number of halogens is 1. The molecule has 7 heteroatoms. The summed E-state index contributed by atoms with van der Waals surface area (Å²) in [5.74, 6) is 0. The number of hydrogen-bond acceptors (Lipinski definition) is 4. The summed E-state index contributed by atoms with van der Waals surface area (Å²) in [6.07, 6.45) is 0.723. The first kappa shape index (κ1) is 15.3. The van der Waals surface area contributed by atoms with Crippen molar-refractivity contribution in [1.82, 2.24) is 0 Å². The fourth-order valence-corrected chi connectivity index (χ4v) is 5.49. The number of rotatable bonds is 5. The molecule has 2 aromatic rings. The zero-order chi connectivity index (χ0) is 14.8. The number of hydrogen-bond donors (Lipinski definition) is 1. The van der Waals surface area contributed by atoms with Crippen molar-refractivity contribution in [2.45, 2.75) is 17.6 Å². The molecule has 1 aromatic carbocycles. The molecule has 0 atom stereocenters. The van der Waals surface area contributed by atoms with Crippen molar-refractivity contribution in [3.8, 4) is 0 Å². The highest BCUT2D eigenvalue weighted by Gasteiger charge is 2.25. The van der Waals surface area contributed by atoms with Gasteiger partial charge in [-0.1, -0.05) is 13.0 Å². The van der Waals surface area contributed by atoms with Crippen LogP contribution in [0.15, 0.2) is 44.4 Å². The monoisotopic (exact) mass is 374 g/mol. The van der Waals surface area contributed by atoms with Crippen LogP contribution in [0.5, 0.6) is 0 Å². The van der Waals surface area contributed by atoms with Gasteiger partial charge < -0.3 is 5.73 Å². The normalized spacial score (nSPS) is 11.5. The minimum atomic E-state index is -3.55. The van der Waals surface area contributed by atoms with Gasteiger partial charge in [0, 0.05) is 12.2 Å². The molecule has 20 heavy (non-hydrogen) atoms. The number of benzene rings is 1. The van der Waals surface area contributed by atoms with Crippen LogP contribution in [0.2, 0.25) is 0 Å². The van der Waals surface area contributed by atoms with Crippen molar-refractivity contribution in [2.75, 3.05) is 16.6 Å². The second-order valence-corrected chi connectivity index (χ2v) is 8.78. The predicted molar refractivity (Wildman–Crippen MR) is 87.7 cm³/mol. The zero-order valence-corrected chi connectivity index (χ0v) is 14.1. The quantitative estimate of drug-likeness (QED) is 0.811. The van der Waals surface area contributed by atoms with E-state index >= 15 is 0 Å². The van der Waals surface area contributed by atoms with Gasteiger partial charge in [0.25, 0.3) is 10.0 Å². The van der Waals surface area contributed by atoms with Crippen molar-refractivity contribution in [3.63, 3.8) is 0 Å². The van der Waals surface area contributed by atoms with Crippen LogP contribution in [0, 0.1) is 0 Å². The molecule has 0 fully saturated rings. The van der Waals surface area contributed by atoms with Gasteiger partial charge in [-0.15, -0.1) is 11.3 Å². The molecule has 0 aliphatic rings. The Morgan fingerprint density at radius 3 is 2.60 bits per heavy atom. The maximum Gasteiger partial charge on any atom is 0.273 e. The fourth-order valence-electron chi connectivity index (χ4n) is 1.82. The van der Waals surface area contributed by atoms with Crippen LogP contribution in [-0.4, -0.2) is 15.0 Å². The molecule has 0 amide bonds. The zero-order valence-electron chi connectivity index (χ0n) is 10.9. The summed E-state index contributed by atoms with van der Waals surface area (Å²) in [6, 6.07) is 10.3. The lowest BCUT2D eigenvalue weighted by molar-refractivity contribution is 0.592. The lowest BCUT2D eigenvalue weighted by Crippen LogP contribution is -2.31. The van der Waals surface area contributed by atoms with E-state index in [-0.39, 0.29) is 0 Å². The van der Waals surface area contributed by atoms with Crippen molar-refractivity contribution in [3.05, 3.63) is 40.2 Å². The average molecular weight is 375 g/mol. The molecule has 2 N–H and O–H groups in total. The first-order valence-electron chi connectivity index (χ1n) is 6.08. The summed E-state index contributed by atoms with van der Waals surface area (Å²) in [5, 5.41) is 0.